The predicted octanol–water partition coefficient (Wildman–Crippen LogP) is 2.82. The molecule has 8 nitrogen and oxygen atoms in total. The molecule has 0 saturated carbocycles. The SMILES string of the molecule is CC[C@@H](C)NC(=O)CN(c1ccc(OC)cc1)S(=O)(=O)c1ccc(OC)c(OC)c1. The van der Waals surface area contributed by atoms with Gasteiger partial charge in [0.15, 0.2) is 11.5 Å². The Hall–Kier alpha value is -2.94. The molecule has 1 amide bonds. The number of sulfonamides is 1. The van der Waals surface area contributed by atoms with E-state index in [2.05, 4.69) is 5.32 Å². The predicted molar refractivity (Wildman–Crippen MR) is 115 cm³/mol. The lowest BCUT2D eigenvalue weighted by molar-refractivity contribution is -0.120. The Morgan fingerprint density at radius 1 is 1.00 bits per heavy atom. The molecule has 0 aromatic heterocycles. The zero-order valence-corrected chi connectivity index (χ0v) is 18.7. The Morgan fingerprint density at radius 3 is 2.17 bits per heavy atom. The van der Waals surface area contributed by atoms with Crippen molar-refractivity contribution in [3.8, 4) is 17.2 Å². The summed E-state index contributed by atoms with van der Waals surface area (Å²) in [6.45, 7) is 3.43. The average molecular weight is 437 g/mol. The van der Waals surface area contributed by atoms with Crippen molar-refractivity contribution in [2.75, 3.05) is 32.2 Å². The fraction of sp³-hybridized carbons (Fsp3) is 0.381. The Bertz CT molecular complexity index is 960. The molecule has 0 aliphatic rings. The van der Waals surface area contributed by atoms with Gasteiger partial charge in [-0.2, -0.15) is 0 Å². The topological polar surface area (TPSA) is 94.2 Å². The number of carbonyl (C=O) groups is 1. The zero-order valence-electron chi connectivity index (χ0n) is 17.8. The molecule has 1 N–H and O–H groups in total. The molecule has 0 saturated heterocycles. The molecular weight excluding hydrogens is 408 g/mol. The van der Waals surface area contributed by atoms with Crippen molar-refractivity contribution < 1.29 is 27.4 Å². The molecule has 164 valence electrons. The van der Waals surface area contributed by atoms with E-state index in [0.717, 1.165) is 10.7 Å². The fourth-order valence-corrected chi connectivity index (χ4v) is 4.16. The minimum Gasteiger partial charge on any atom is -0.497 e. The van der Waals surface area contributed by atoms with Gasteiger partial charge in [0.25, 0.3) is 10.0 Å². The quantitative estimate of drug-likeness (QED) is 0.616. The lowest BCUT2D eigenvalue weighted by Crippen LogP contribution is -2.43. The van der Waals surface area contributed by atoms with Gasteiger partial charge >= 0.3 is 0 Å². The van der Waals surface area contributed by atoms with Gasteiger partial charge in [0.05, 0.1) is 31.9 Å². The van der Waals surface area contributed by atoms with Gasteiger partial charge in [0.1, 0.15) is 12.3 Å². The third kappa shape index (κ3) is 5.35. The number of rotatable bonds is 10. The first-order valence-corrected chi connectivity index (χ1v) is 10.9. The Balaban J connectivity index is 2.49. The van der Waals surface area contributed by atoms with E-state index < -0.39 is 15.9 Å². The first-order valence-electron chi connectivity index (χ1n) is 9.45. The molecule has 0 spiro atoms. The van der Waals surface area contributed by atoms with Crippen molar-refractivity contribution in [1.82, 2.24) is 5.32 Å². The molecule has 0 fully saturated rings. The highest BCUT2D eigenvalue weighted by molar-refractivity contribution is 7.92. The normalized spacial score (nSPS) is 12.0. The van der Waals surface area contributed by atoms with Crippen molar-refractivity contribution in [2.24, 2.45) is 0 Å². The van der Waals surface area contributed by atoms with E-state index in [1.807, 2.05) is 13.8 Å². The summed E-state index contributed by atoms with van der Waals surface area (Å²) in [5.74, 6) is 0.856. The van der Waals surface area contributed by atoms with E-state index in [4.69, 9.17) is 14.2 Å². The van der Waals surface area contributed by atoms with Crippen molar-refractivity contribution in [1.29, 1.82) is 0 Å². The van der Waals surface area contributed by atoms with Crippen molar-refractivity contribution >= 4 is 21.6 Å². The van der Waals surface area contributed by atoms with Gasteiger partial charge in [0.2, 0.25) is 5.91 Å². The Labute approximate surface area is 177 Å². The number of anilines is 1. The zero-order chi connectivity index (χ0) is 22.3. The van der Waals surface area contributed by atoms with Crippen LogP contribution >= 0.6 is 0 Å². The number of ether oxygens (including phenoxy) is 3. The summed E-state index contributed by atoms with van der Waals surface area (Å²) >= 11 is 0. The van der Waals surface area contributed by atoms with E-state index in [1.165, 1.54) is 39.5 Å². The Kier molecular flexibility index (Phi) is 7.93. The maximum atomic E-state index is 13.5. The molecule has 1 atom stereocenters. The second-order valence-corrected chi connectivity index (χ2v) is 8.47. The van der Waals surface area contributed by atoms with Gasteiger partial charge in [-0.25, -0.2) is 8.42 Å². The molecule has 0 heterocycles. The molecule has 9 heteroatoms. The van der Waals surface area contributed by atoms with Crippen LogP contribution in [-0.4, -0.2) is 48.2 Å². The standard InChI is InChI=1S/C21H28N2O6S/c1-6-15(2)22-21(24)14-23(16-7-9-17(27-3)10-8-16)30(25,26)18-11-12-19(28-4)20(13-18)29-5/h7-13,15H,6,14H2,1-5H3,(H,22,24)/t15-/m1/s1. The van der Waals surface area contributed by atoms with Gasteiger partial charge in [0, 0.05) is 12.1 Å². The van der Waals surface area contributed by atoms with Crippen molar-refractivity contribution in [2.45, 2.75) is 31.2 Å². The summed E-state index contributed by atoms with van der Waals surface area (Å²) in [5, 5.41) is 2.80. The van der Waals surface area contributed by atoms with Crippen LogP contribution in [-0.2, 0) is 14.8 Å². The summed E-state index contributed by atoms with van der Waals surface area (Å²) in [6.07, 6.45) is 0.733. The number of amides is 1. The second-order valence-electron chi connectivity index (χ2n) is 6.60. The molecule has 2 rings (SSSR count). The smallest absolute Gasteiger partial charge is 0.264 e. The van der Waals surface area contributed by atoms with Gasteiger partial charge < -0.3 is 19.5 Å². The molecule has 2 aromatic rings. The van der Waals surface area contributed by atoms with Crippen LogP contribution < -0.4 is 23.8 Å². The highest BCUT2D eigenvalue weighted by Gasteiger charge is 2.28. The number of benzene rings is 2. The monoisotopic (exact) mass is 436 g/mol. The first kappa shape index (κ1) is 23.3. The molecular formula is C21H28N2O6S. The number of hydrogen-bond donors (Lipinski definition) is 1. The molecule has 2 aromatic carbocycles. The van der Waals surface area contributed by atoms with Crippen LogP contribution in [0.15, 0.2) is 47.4 Å². The van der Waals surface area contributed by atoms with Crippen LogP contribution in [0.25, 0.3) is 0 Å². The van der Waals surface area contributed by atoms with Crippen LogP contribution in [0, 0.1) is 0 Å². The van der Waals surface area contributed by atoms with Crippen molar-refractivity contribution in [3.63, 3.8) is 0 Å². The molecule has 0 radical (unpaired) electrons. The maximum Gasteiger partial charge on any atom is 0.264 e. The lowest BCUT2D eigenvalue weighted by Gasteiger charge is -2.25. The van der Waals surface area contributed by atoms with Gasteiger partial charge in [-0.1, -0.05) is 6.92 Å². The van der Waals surface area contributed by atoms with Gasteiger partial charge in [-0.15, -0.1) is 0 Å². The Morgan fingerprint density at radius 2 is 1.63 bits per heavy atom. The van der Waals surface area contributed by atoms with Crippen LogP contribution in [0.3, 0.4) is 0 Å². The summed E-state index contributed by atoms with van der Waals surface area (Å²) in [5.41, 5.74) is 0.338. The molecule has 30 heavy (non-hydrogen) atoms. The minimum atomic E-state index is -4.07. The molecule has 0 aliphatic heterocycles. The van der Waals surface area contributed by atoms with E-state index in [0.29, 0.717) is 17.2 Å². The maximum absolute atomic E-state index is 13.5. The average Bonchev–Trinajstić information content (AvgIpc) is 2.76. The van der Waals surface area contributed by atoms with Crippen LogP contribution in [0.5, 0.6) is 17.2 Å². The third-order valence-electron chi connectivity index (χ3n) is 4.61. The second kappa shape index (κ2) is 10.2. The number of nitrogens with zero attached hydrogens (tertiary/aromatic N) is 1. The van der Waals surface area contributed by atoms with Crippen LogP contribution in [0.1, 0.15) is 20.3 Å². The lowest BCUT2D eigenvalue weighted by atomic mass is 10.2. The number of methoxy groups -OCH3 is 3. The van der Waals surface area contributed by atoms with Crippen LogP contribution in [0.4, 0.5) is 5.69 Å². The van der Waals surface area contributed by atoms with Gasteiger partial charge in [-0.3, -0.25) is 9.10 Å². The van der Waals surface area contributed by atoms with E-state index >= 15 is 0 Å². The molecule has 0 bridgehead atoms. The number of carbonyl (C=O) groups excluding carboxylic acids is 1. The highest BCUT2D eigenvalue weighted by atomic mass is 32.2. The summed E-state index contributed by atoms with van der Waals surface area (Å²) in [6, 6.07) is 10.7. The first-order chi connectivity index (χ1) is 14.3. The van der Waals surface area contributed by atoms with Crippen LogP contribution in [0.2, 0.25) is 0 Å². The summed E-state index contributed by atoms with van der Waals surface area (Å²) in [4.78, 5) is 12.5. The fourth-order valence-electron chi connectivity index (χ4n) is 2.72. The van der Waals surface area contributed by atoms with Gasteiger partial charge in [-0.05, 0) is 49.7 Å². The van der Waals surface area contributed by atoms with Crippen molar-refractivity contribution in [3.05, 3.63) is 42.5 Å². The third-order valence-corrected chi connectivity index (χ3v) is 6.38. The molecule has 0 aliphatic carbocycles. The molecule has 0 unspecified atom stereocenters. The largest absolute Gasteiger partial charge is 0.497 e. The number of hydrogen-bond acceptors (Lipinski definition) is 6. The van der Waals surface area contributed by atoms with E-state index in [-0.39, 0.29) is 23.2 Å². The van der Waals surface area contributed by atoms with E-state index in [1.54, 1.807) is 24.3 Å². The number of nitrogens with one attached hydrogen (secondary N) is 1. The summed E-state index contributed by atoms with van der Waals surface area (Å²) < 4.78 is 43.6. The minimum absolute atomic E-state index is 0.0210. The van der Waals surface area contributed by atoms with E-state index in [9.17, 15) is 13.2 Å². The summed E-state index contributed by atoms with van der Waals surface area (Å²) in [7, 11) is 0.341. The highest BCUT2D eigenvalue weighted by Crippen LogP contribution is 2.32.